The van der Waals surface area contributed by atoms with E-state index >= 15 is 0 Å². The summed E-state index contributed by atoms with van der Waals surface area (Å²) in [4.78, 5) is 0. The summed E-state index contributed by atoms with van der Waals surface area (Å²) >= 11 is 0. The van der Waals surface area contributed by atoms with Gasteiger partial charge in [-0.25, -0.2) is 0 Å². The lowest BCUT2D eigenvalue weighted by Crippen LogP contribution is -2.33. The zero-order valence-corrected chi connectivity index (χ0v) is 9.51. The molecule has 1 rings (SSSR count). The molecule has 0 aromatic rings. The lowest BCUT2D eigenvalue weighted by Gasteiger charge is -2.16. The van der Waals surface area contributed by atoms with E-state index in [0.717, 1.165) is 19.7 Å². The van der Waals surface area contributed by atoms with E-state index in [-0.39, 0.29) is 0 Å². The lowest BCUT2D eigenvalue weighted by molar-refractivity contribution is 0.0791. The minimum atomic E-state index is 0.354. The van der Waals surface area contributed by atoms with Crippen LogP contribution in [0.4, 0.5) is 0 Å². The van der Waals surface area contributed by atoms with Gasteiger partial charge in [0.1, 0.15) is 0 Å². The highest BCUT2D eigenvalue weighted by Gasteiger charge is 2.10. The second kappa shape index (κ2) is 7.21. The number of hydrogen-bond donors (Lipinski definition) is 2. The Morgan fingerprint density at radius 3 is 3.00 bits per heavy atom. The van der Waals surface area contributed by atoms with Gasteiger partial charge in [0.15, 0.2) is 0 Å². The standard InChI is InChI=1S/C11H24N2O/c1-10(2)14-9-8-13-11-4-3-6-12-7-5-11/h10-13H,3-9H2,1-2H3. The van der Waals surface area contributed by atoms with E-state index < -0.39 is 0 Å². The average Bonchev–Trinajstić information content (AvgIpc) is 2.40. The number of nitrogens with one attached hydrogen (secondary N) is 2. The second-order valence-electron chi connectivity index (χ2n) is 4.25. The topological polar surface area (TPSA) is 33.3 Å². The molecule has 1 fully saturated rings. The van der Waals surface area contributed by atoms with E-state index in [0.29, 0.717) is 12.1 Å². The zero-order valence-electron chi connectivity index (χ0n) is 9.51. The maximum absolute atomic E-state index is 5.49. The molecule has 14 heavy (non-hydrogen) atoms. The maximum atomic E-state index is 5.49. The molecule has 1 heterocycles. The molecule has 0 bridgehead atoms. The molecule has 0 radical (unpaired) electrons. The largest absolute Gasteiger partial charge is 0.377 e. The van der Waals surface area contributed by atoms with Crippen molar-refractivity contribution in [2.45, 2.75) is 45.3 Å². The van der Waals surface area contributed by atoms with Gasteiger partial charge in [-0.05, 0) is 46.2 Å². The van der Waals surface area contributed by atoms with Crippen molar-refractivity contribution in [2.24, 2.45) is 0 Å². The van der Waals surface area contributed by atoms with Crippen LogP contribution in [0, 0.1) is 0 Å². The highest BCUT2D eigenvalue weighted by Crippen LogP contribution is 2.04. The quantitative estimate of drug-likeness (QED) is 0.653. The van der Waals surface area contributed by atoms with Crippen molar-refractivity contribution in [3.8, 4) is 0 Å². The second-order valence-corrected chi connectivity index (χ2v) is 4.25. The lowest BCUT2D eigenvalue weighted by atomic mass is 10.1. The molecule has 0 saturated carbocycles. The molecule has 0 aromatic carbocycles. The highest BCUT2D eigenvalue weighted by atomic mass is 16.5. The Morgan fingerprint density at radius 1 is 1.36 bits per heavy atom. The fourth-order valence-corrected chi connectivity index (χ4v) is 1.78. The van der Waals surface area contributed by atoms with E-state index in [2.05, 4.69) is 24.5 Å². The zero-order chi connectivity index (χ0) is 10.2. The Hall–Kier alpha value is -0.120. The first-order valence-electron chi connectivity index (χ1n) is 5.84. The Kier molecular flexibility index (Phi) is 6.15. The fraction of sp³-hybridized carbons (Fsp3) is 1.00. The number of hydrogen-bond acceptors (Lipinski definition) is 3. The predicted molar refractivity (Wildman–Crippen MR) is 59.6 cm³/mol. The van der Waals surface area contributed by atoms with E-state index in [9.17, 15) is 0 Å². The van der Waals surface area contributed by atoms with Crippen molar-refractivity contribution in [1.29, 1.82) is 0 Å². The SMILES string of the molecule is CC(C)OCCNC1CCCNCC1. The van der Waals surface area contributed by atoms with Crippen molar-refractivity contribution < 1.29 is 4.74 Å². The molecule has 1 aliphatic rings. The van der Waals surface area contributed by atoms with Gasteiger partial charge >= 0.3 is 0 Å². The molecule has 1 aliphatic heterocycles. The van der Waals surface area contributed by atoms with Crippen molar-refractivity contribution in [1.82, 2.24) is 10.6 Å². The number of rotatable bonds is 5. The van der Waals surface area contributed by atoms with Crippen LogP contribution in [0.5, 0.6) is 0 Å². The summed E-state index contributed by atoms with van der Waals surface area (Å²) in [5, 5.41) is 6.97. The minimum Gasteiger partial charge on any atom is -0.377 e. The molecule has 1 saturated heterocycles. The first-order chi connectivity index (χ1) is 6.79. The van der Waals surface area contributed by atoms with E-state index in [1.54, 1.807) is 0 Å². The predicted octanol–water partition coefficient (Wildman–Crippen LogP) is 1.14. The molecule has 2 N–H and O–H groups in total. The Bertz CT molecular complexity index is 131. The molecule has 1 unspecified atom stereocenters. The van der Waals surface area contributed by atoms with Crippen molar-refractivity contribution in [3.63, 3.8) is 0 Å². The van der Waals surface area contributed by atoms with Crippen LogP contribution in [0.15, 0.2) is 0 Å². The van der Waals surface area contributed by atoms with Crippen molar-refractivity contribution in [3.05, 3.63) is 0 Å². The smallest absolute Gasteiger partial charge is 0.0594 e. The van der Waals surface area contributed by atoms with Gasteiger partial charge in [0.25, 0.3) is 0 Å². The molecule has 1 atom stereocenters. The summed E-state index contributed by atoms with van der Waals surface area (Å²) < 4.78 is 5.49. The molecule has 0 spiro atoms. The Morgan fingerprint density at radius 2 is 2.21 bits per heavy atom. The molecule has 0 aromatic heterocycles. The van der Waals surface area contributed by atoms with Gasteiger partial charge in [0.2, 0.25) is 0 Å². The Labute approximate surface area is 87.6 Å². The van der Waals surface area contributed by atoms with Crippen LogP contribution in [0.25, 0.3) is 0 Å². The summed E-state index contributed by atoms with van der Waals surface area (Å²) in [5.41, 5.74) is 0. The monoisotopic (exact) mass is 200 g/mol. The summed E-state index contributed by atoms with van der Waals surface area (Å²) in [5.74, 6) is 0. The van der Waals surface area contributed by atoms with Crippen molar-refractivity contribution in [2.75, 3.05) is 26.2 Å². The van der Waals surface area contributed by atoms with Gasteiger partial charge in [-0.2, -0.15) is 0 Å². The van der Waals surface area contributed by atoms with Crippen LogP contribution in [0.1, 0.15) is 33.1 Å². The van der Waals surface area contributed by atoms with Crippen LogP contribution in [0.3, 0.4) is 0 Å². The Balaban J connectivity index is 1.99. The molecule has 0 aliphatic carbocycles. The molecule has 3 nitrogen and oxygen atoms in total. The molecule has 3 heteroatoms. The minimum absolute atomic E-state index is 0.354. The van der Waals surface area contributed by atoms with Crippen LogP contribution in [-0.2, 0) is 4.74 Å². The van der Waals surface area contributed by atoms with E-state index in [1.807, 2.05) is 0 Å². The van der Waals surface area contributed by atoms with Gasteiger partial charge < -0.3 is 15.4 Å². The van der Waals surface area contributed by atoms with Crippen LogP contribution in [-0.4, -0.2) is 38.4 Å². The fourth-order valence-electron chi connectivity index (χ4n) is 1.78. The summed E-state index contributed by atoms with van der Waals surface area (Å²) in [6.07, 6.45) is 4.20. The van der Waals surface area contributed by atoms with Gasteiger partial charge in [-0.15, -0.1) is 0 Å². The summed E-state index contributed by atoms with van der Waals surface area (Å²) in [6.45, 7) is 8.32. The molecular formula is C11H24N2O. The molecular weight excluding hydrogens is 176 g/mol. The molecule has 84 valence electrons. The average molecular weight is 200 g/mol. The first kappa shape index (κ1) is 12.0. The van der Waals surface area contributed by atoms with Crippen LogP contribution < -0.4 is 10.6 Å². The third-order valence-electron chi connectivity index (χ3n) is 2.56. The highest BCUT2D eigenvalue weighted by molar-refractivity contribution is 4.72. The van der Waals surface area contributed by atoms with Gasteiger partial charge in [0, 0.05) is 12.6 Å². The summed E-state index contributed by atoms with van der Waals surface area (Å²) in [7, 11) is 0. The molecule has 0 amide bonds. The summed E-state index contributed by atoms with van der Waals surface area (Å²) in [6, 6.07) is 0.695. The van der Waals surface area contributed by atoms with E-state index in [1.165, 1.54) is 25.8 Å². The third-order valence-corrected chi connectivity index (χ3v) is 2.56. The number of ether oxygens (including phenoxy) is 1. The van der Waals surface area contributed by atoms with E-state index in [4.69, 9.17) is 4.74 Å². The van der Waals surface area contributed by atoms with Crippen LogP contribution in [0.2, 0.25) is 0 Å². The van der Waals surface area contributed by atoms with Crippen molar-refractivity contribution >= 4 is 0 Å². The van der Waals surface area contributed by atoms with Crippen LogP contribution >= 0.6 is 0 Å². The van der Waals surface area contributed by atoms with Gasteiger partial charge in [-0.3, -0.25) is 0 Å². The normalized spacial score (nSPS) is 23.8. The third kappa shape index (κ3) is 5.58. The maximum Gasteiger partial charge on any atom is 0.0594 e. The first-order valence-corrected chi connectivity index (χ1v) is 5.84. The van der Waals surface area contributed by atoms with Gasteiger partial charge in [-0.1, -0.05) is 0 Å². The van der Waals surface area contributed by atoms with Gasteiger partial charge in [0.05, 0.1) is 12.7 Å².